The van der Waals surface area contributed by atoms with Gasteiger partial charge in [-0.15, -0.1) is 5.10 Å². The summed E-state index contributed by atoms with van der Waals surface area (Å²) >= 11 is 1.23. The zero-order valence-electron chi connectivity index (χ0n) is 12.9. The number of likely N-dealkylation sites (tertiary alicyclic amines) is 1. The number of hydrogen-bond acceptors (Lipinski definition) is 6. The third-order valence-corrected chi connectivity index (χ3v) is 5.50. The number of amides is 1. The normalized spacial score (nSPS) is 24.3. The maximum atomic E-state index is 12.6. The van der Waals surface area contributed by atoms with Crippen molar-refractivity contribution in [2.45, 2.75) is 19.3 Å². The molecular weight excluding hydrogens is 310 g/mol. The van der Waals surface area contributed by atoms with Gasteiger partial charge in [0, 0.05) is 55.1 Å². The summed E-state index contributed by atoms with van der Waals surface area (Å²) in [5.41, 5.74) is 1.92. The van der Waals surface area contributed by atoms with Gasteiger partial charge in [0.2, 0.25) is 0 Å². The molecule has 2 aromatic heterocycles. The van der Waals surface area contributed by atoms with E-state index in [2.05, 4.69) is 31.6 Å². The highest BCUT2D eigenvalue weighted by Crippen LogP contribution is 2.40. The van der Waals surface area contributed by atoms with Crippen LogP contribution in [0.2, 0.25) is 0 Å². The van der Waals surface area contributed by atoms with Crippen LogP contribution >= 0.6 is 11.5 Å². The van der Waals surface area contributed by atoms with Crippen LogP contribution in [0.1, 0.15) is 29.8 Å². The molecule has 4 heterocycles. The molecule has 2 aliphatic heterocycles. The van der Waals surface area contributed by atoms with Crippen LogP contribution in [-0.2, 0) is 0 Å². The molecule has 0 saturated carbocycles. The Labute approximate surface area is 139 Å². The molecule has 0 aromatic carbocycles. The summed E-state index contributed by atoms with van der Waals surface area (Å²) in [6, 6.07) is 4.12. The van der Waals surface area contributed by atoms with Crippen LogP contribution in [0.5, 0.6) is 0 Å². The fourth-order valence-electron chi connectivity index (χ4n) is 3.84. The van der Waals surface area contributed by atoms with E-state index >= 15 is 0 Å². The highest BCUT2D eigenvalue weighted by atomic mass is 32.1. The molecule has 2 aromatic rings. The number of nitrogens with zero attached hydrogens (tertiary/aromatic N) is 5. The van der Waals surface area contributed by atoms with Crippen LogP contribution in [-0.4, -0.2) is 51.6 Å². The zero-order valence-corrected chi connectivity index (χ0v) is 13.7. The third-order valence-electron chi connectivity index (χ3n) is 4.99. The first-order valence-electron chi connectivity index (χ1n) is 7.97. The van der Waals surface area contributed by atoms with Crippen molar-refractivity contribution >= 4 is 23.1 Å². The van der Waals surface area contributed by atoms with E-state index in [1.165, 1.54) is 23.6 Å². The summed E-state index contributed by atoms with van der Waals surface area (Å²) in [5.74, 6) is 0.0280. The molecule has 7 heteroatoms. The van der Waals surface area contributed by atoms with E-state index in [0.29, 0.717) is 5.69 Å². The highest BCUT2D eigenvalue weighted by molar-refractivity contribution is 7.03. The van der Waals surface area contributed by atoms with E-state index in [9.17, 15) is 4.79 Å². The van der Waals surface area contributed by atoms with Gasteiger partial charge in [-0.3, -0.25) is 9.78 Å². The van der Waals surface area contributed by atoms with Gasteiger partial charge in [-0.25, -0.2) is 0 Å². The standard InChI is InChI=1S/C16H19N5OS/c22-15(14-10-23-19-18-14)21-8-1-4-16(12-21)5-9-20(11-16)13-2-6-17-7-3-13/h2-3,6-7,10H,1,4-5,8-9,11-12H2/t16-/m0/s1. The number of pyridine rings is 1. The van der Waals surface area contributed by atoms with Crippen LogP contribution in [0.15, 0.2) is 29.9 Å². The first-order chi connectivity index (χ1) is 11.3. The van der Waals surface area contributed by atoms with Gasteiger partial charge in [-0.2, -0.15) is 0 Å². The number of carbonyl (C=O) groups excluding carboxylic acids is 1. The number of aromatic nitrogens is 3. The summed E-state index contributed by atoms with van der Waals surface area (Å²) in [6.45, 7) is 3.71. The number of hydrogen-bond donors (Lipinski definition) is 0. The predicted octanol–water partition coefficient (Wildman–Crippen LogP) is 2.07. The fraction of sp³-hybridized carbons (Fsp3) is 0.500. The van der Waals surface area contributed by atoms with Gasteiger partial charge < -0.3 is 9.80 Å². The molecule has 120 valence electrons. The molecule has 23 heavy (non-hydrogen) atoms. The van der Waals surface area contributed by atoms with E-state index < -0.39 is 0 Å². The van der Waals surface area contributed by atoms with Gasteiger partial charge in [0.1, 0.15) is 0 Å². The molecule has 2 saturated heterocycles. The Morgan fingerprint density at radius 3 is 2.83 bits per heavy atom. The average Bonchev–Trinajstić information content (AvgIpc) is 3.26. The van der Waals surface area contributed by atoms with E-state index in [0.717, 1.165) is 39.0 Å². The van der Waals surface area contributed by atoms with Gasteiger partial charge in [-0.05, 0) is 42.9 Å². The molecule has 1 atom stereocenters. The maximum Gasteiger partial charge on any atom is 0.275 e. The molecule has 4 rings (SSSR count). The number of rotatable bonds is 2. The molecule has 1 amide bonds. The minimum Gasteiger partial charge on any atom is -0.371 e. The monoisotopic (exact) mass is 329 g/mol. The smallest absolute Gasteiger partial charge is 0.275 e. The minimum absolute atomic E-state index is 0.0280. The lowest BCUT2D eigenvalue weighted by molar-refractivity contribution is 0.0551. The Morgan fingerprint density at radius 1 is 1.17 bits per heavy atom. The second-order valence-corrected chi connectivity index (χ2v) is 7.11. The van der Waals surface area contributed by atoms with Crippen molar-refractivity contribution < 1.29 is 4.79 Å². The summed E-state index contributed by atoms with van der Waals surface area (Å²) in [7, 11) is 0. The molecule has 0 aliphatic carbocycles. The van der Waals surface area contributed by atoms with E-state index in [4.69, 9.17) is 0 Å². The Morgan fingerprint density at radius 2 is 2.04 bits per heavy atom. The van der Waals surface area contributed by atoms with Gasteiger partial charge in [0.25, 0.3) is 5.91 Å². The van der Waals surface area contributed by atoms with Crippen molar-refractivity contribution in [2.24, 2.45) is 5.41 Å². The SMILES string of the molecule is O=C(c1csnn1)N1CCC[C@@]2(CCN(c3ccncc3)C2)C1. The van der Waals surface area contributed by atoms with E-state index in [1.54, 1.807) is 5.38 Å². The quantitative estimate of drug-likeness (QED) is 0.844. The topological polar surface area (TPSA) is 62.2 Å². The predicted molar refractivity (Wildman–Crippen MR) is 88.5 cm³/mol. The van der Waals surface area contributed by atoms with Crippen molar-refractivity contribution in [3.05, 3.63) is 35.6 Å². The molecule has 0 N–H and O–H groups in total. The molecule has 0 radical (unpaired) electrons. The Balaban J connectivity index is 1.48. The third kappa shape index (κ3) is 2.81. The van der Waals surface area contributed by atoms with Crippen molar-refractivity contribution in [3.8, 4) is 0 Å². The summed E-state index contributed by atoms with van der Waals surface area (Å²) in [5, 5.41) is 5.67. The molecule has 0 unspecified atom stereocenters. The van der Waals surface area contributed by atoms with Gasteiger partial charge in [0.15, 0.2) is 5.69 Å². The molecule has 1 spiro atoms. The second kappa shape index (κ2) is 5.88. The van der Waals surface area contributed by atoms with Gasteiger partial charge >= 0.3 is 0 Å². The molecule has 0 bridgehead atoms. The highest BCUT2D eigenvalue weighted by Gasteiger charge is 2.42. The van der Waals surface area contributed by atoms with Gasteiger partial charge in [0.05, 0.1) is 0 Å². The first kappa shape index (κ1) is 14.6. The summed E-state index contributed by atoms with van der Waals surface area (Å²) in [4.78, 5) is 21.0. The lowest BCUT2D eigenvalue weighted by Crippen LogP contribution is -2.47. The van der Waals surface area contributed by atoms with Crippen LogP contribution in [0.4, 0.5) is 5.69 Å². The number of anilines is 1. The minimum atomic E-state index is 0.0280. The zero-order chi connectivity index (χ0) is 15.7. The Hall–Kier alpha value is -2.02. The summed E-state index contributed by atoms with van der Waals surface area (Å²) in [6.07, 6.45) is 7.06. The van der Waals surface area contributed by atoms with Crippen LogP contribution in [0.3, 0.4) is 0 Å². The largest absolute Gasteiger partial charge is 0.371 e. The van der Waals surface area contributed by atoms with Crippen molar-refractivity contribution in [3.63, 3.8) is 0 Å². The van der Waals surface area contributed by atoms with Gasteiger partial charge in [-0.1, -0.05) is 4.49 Å². The van der Waals surface area contributed by atoms with Crippen LogP contribution < -0.4 is 4.90 Å². The van der Waals surface area contributed by atoms with E-state index in [1.807, 2.05) is 17.3 Å². The first-order valence-corrected chi connectivity index (χ1v) is 8.81. The average molecular weight is 329 g/mol. The Bertz CT molecular complexity index is 677. The molecule has 2 aliphatic rings. The number of piperidine rings is 1. The molecule has 6 nitrogen and oxygen atoms in total. The lowest BCUT2D eigenvalue weighted by Gasteiger charge is -2.40. The van der Waals surface area contributed by atoms with Crippen LogP contribution in [0, 0.1) is 5.41 Å². The van der Waals surface area contributed by atoms with E-state index in [-0.39, 0.29) is 11.3 Å². The molecular formula is C16H19N5OS. The van der Waals surface area contributed by atoms with Crippen molar-refractivity contribution in [2.75, 3.05) is 31.1 Å². The van der Waals surface area contributed by atoms with Crippen LogP contribution in [0.25, 0.3) is 0 Å². The van der Waals surface area contributed by atoms with Crippen molar-refractivity contribution in [1.82, 2.24) is 19.5 Å². The second-order valence-electron chi connectivity index (χ2n) is 6.50. The lowest BCUT2D eigenvalue weighted by atomic mass is 9.79. The maximum absolute atomic E-state index is 12.6. The van der Waals surface area contributed by atoms with Crippen molar-refractivity contribution in [1.29, 1.82) is 0 Å². The number of carbonyl (C=O) groups is 1. The molecule has 2 fully saturated rings. The fourth-order valence-corrected chi connectivity index (χ4v) is 4.27. The summed E-state index contributed by atoms with van der Waals surface area (Å²) < 4.78 is 3.81. The Kier molecular flexibility index (Phi) is 3.72.